The molecule has 94 valence electrons. The molecule has 1 amide bonds. The molecule has 2 atom stereocenters. The monoisotopic (exact) mass is 229 g/mol. The summed E-state index contributed by atoms with van der Waals surface area (Å²) in [6.07, 6.45) is 3.08. The summed E-state index contributed by atoms with van der Waals surface area (Å²) in [4.78, 5) is 12.9. The van der Waals surface area contributed by atoms with E-state index in [4.69, 9.17) is 0 Å². The summed E-state index contributed by atoms with van der Waals surface area (Å²) >= 11 is 0. The van der Waals surface area contributed by atoms with Crippen LogP contribution in [0.1, 0.15) is 46.5 Å². The van der Waals surface area contributed by atoms with Crippen LogP contribution in [0.2, 0.25) is 0 Å². The van der Waals surface area contributed by atoms with E-state index in [1.54, 1.807) is 0 Å². The van der Waals surface area contributed by atoms with Gasteiger partial charge in [-0.05, 0) is 33.6 Å². The summed E-state index contributed by atoms with van der Waals surface area (Å²) < 4.78 is 0. The van der Waals surface area contributed by atoms with Crippen LogP contribution in [0.4, 0.5) is 4.79 Å². The fourth-order valence-electron chi connectivity index (χ4n) is 2.67. The molecule has 0 aromatic carbocycles. The molecule has 1 rings (SSSR count). The van der Waals surface area contributed by atoms with E-state index in [-0.39, 0.29) is 18.6 Å². The number of aliphatic hydroxyl groups excluding tert-OH is 1. The van der Waals surface area contributed by atoms with Gasteiger partial charge in [0, 0.05) is 24.1 Å². The summed E-state index contributed by atoms with van der Waals surface area (Å²) in [6.45, 7) is 5.81. The predicted octanol–water partition coefficient (Wildman–Crippen LogP) is 2.32. The Morgan fingerprint density at radius 3 is 2.31 bits per heavy atom. The van der Waals surface area contributed by atoms with Gasteiger partial charge < -0.3 is 15.1 Å². The highest BCUT2D eigenvalue weighted by molar-refractivity contribution is 5.66. The molecule has 0 aliphatic heterocycles. The average molecular weight is 229 g/mol. The molecule has 1 saturated carbocycles. The molecule has 0 heterocycles. The lowest BCUT2D eigenvalue weighted by Gasteiger charge is -2.44. The van der Waals surface area contributed by atoms with E-state index >= 15 is 0 Å². The van der Waals surface area contributed by atoms with Gasteiger partial charge in [-0.3, -0.25) is 0 Å². The topological polar surface area (TPSA) is 60.8 Å². The molecule has 0 aromatic heterocycles. The van der Waals surface area contributed by atoms with E-state index in [1.807, 2.05) is 20.8 Å². The Kier molecular flexibility index (Phi) is 4.19. The summed E-state index contributed by atoms with van der Waals surface area (Å²) in [6, 6.07) is -0.0313. The minimum atomic E-state index is -0.877. The number of carboxylic acid groups (broad SMARTS) is 1. The first-order chi connectivity index (χ1) is 7.38. The van der Waals surface area contributed by atoms with E-state index in [1.165, 1.54) is 4.90 Å². The van der Waals surface area contributed by atoms with Crippen molar-refractivity contribution in [2.24, 2.45) is 5.92 Å². The van der Waals surface area contributed by atoms with Crippen molar-refractivity contribution in [1.29, 1.82) is 0 Å². The zero-order valence-corrected chi connectivity index (χ0v) is 10.4. The highest BCUT2D eigenvalue weighted by Crippen LogP contribution is 2.32. The lowest BCUT2D eigenvalue weighted by Crippen LogP contribution is -2.55. The molecule has 16 heavy (non-hydrogen) atoms. The van der Waals surface area contributed by atoms with Crippen molar-refractivity contribution in [3.05, 3.63) is 0 Å². The first-order valence-corrected chi connectivity index (χ1v) is 6.01. The van der Waals surface area contributed by atoms with Gasteiger partial charge in [-0.15, -0.1) is 0 Å². The standard InChI is InChI=1S/C12H23NO3/c1-12(2,3)13(11(15)16)10-7-5-4-6-9(10)8-14/h9-10,14H,4-8H2,1-3H3,(H,15,16)/t9-,10-/m1/s1. The lowest BCUT2D eigenvalue weighted by molar-refractivity contribution is 0.0167. The van der Waals surface area contributed by atoms with E-state index in [9.17, 15) is 15.0 Å². The second-order valence-electron chi connectivity index (χ2n) is 5.62. The quantitative estimate of drug-likeness (QED) is 0.764. The van der Waals surface area contributed by atoms with Crippen LogP contribution in [0.5, 0.6) is 0 Å². The molecule has 1 aliphatic carbocycles. The van der Waals surface area contributed by atoms with Crippen LogP contribution >= 0.6 is 0 Å². The molecule has 0 aromatic rings. The van der Waals surface area contributed by atoms with Gasteiger partial charge in [0.05, 0.1) is 0 Å². The number of hydrogen-bond acceptors (Lipinski definition) is 2. The number of rotatable bonds is 2. The zero-order valence-electron chi connectivity index (χ0n) is 10.4. The van der Waals surface area contributed by atoms with E-state index in [0.717, 1.165) is 25.7 Å². The van der Waals surface area contributed by atoms with Crippen molar-refractivity contribution in [3.63, 3.8) is 0 Å². The highest BCUT2D eigenvalue weighted by atomic mass is 16.4. The van der Waals surface area contributed by atoms with E-state index in [2.05, 4.69) is 0 Å². The van der Waals surface area contributed by atoms with Crippen LogP contribution < -0.4 is 0 Å². The van der Waals surface area contributed by atoms with Gasteiger partial charge >= 0.3 is 6.09 Å². The fourth-order valence-corrected chi connectivity index (χ4v) is 2.67. The van der Waals surface area contributed by atoms with Crippen molar-refractivity contribution < 1.29 is 15.0 Å². The Bertz CT molecular complexity index is 247. The smallest absolute Gasteiger partial charge is 0.407 e. The maximum absolute atomic E-state index is 11.4. The molecule has 1 fully saturated rings. The number of nitrogens with zero attached hydrogens (tertiary/aromatic N) is 1. The van der Waals surface area contributed by atoms with E-state index in [0.29, 0.717) is 0 Å². The molecule has 0 radical (unpaired) electrons. The van der Waals surface area contributed by atoms with Crippen molar-refractivity contribution in [2.45, 2.75) is 58.0 Å². The van der Waals surface area contributed by atoms with Crippen molar-refractivity contribution in [3.8, 4) is 0 Å². The van der Waals surface area contributed by atoms with Crippen LogP contribution in [-0.4, -0.2) is 39.4 Å². The molecule has 0 bridgehead atoms. The molecule has 0 saturated heterocycles. The molecule has 0 unspecified atom stereocenters. The van der Waals surface area contributed by atoms with Gasteiger partial charge in [-0.25, -0.2) is 4.79 Å². The first kappa shape index (κ1) is 13.3. The van der Waals surface area contributed by atoms with Gasteiger partial charge in [0.1, 0.15) is 0 Å². The predicted molar refractivity (Wildman–Crippen MR) is 62.4 cm³/mol. The molecule has 4 nitrogen and oxygen atoms in total. The van der Waals surface area contributed by atoms with Gasteiger partial charge in [0.2, 0.25) is 0 Å². The van der Waals surface area contributed by atoms with E-state index < -0.39 is 11.6 Å². The largest absolute Gasteiger partial charge is 0.465 e. The van der Waals surface area contributed by atoms with Crippen LogP contribution in [0.15, 0.2) is 0 Å². The van der Waals surface area contributed by atoms with Crippen molar-refractivity contribution in [1.82, 2.24) is 4.90 Å². The number of aliphatic hydroxyl groups is 1. The third-order valence-electron chi connectivity index (χ3n) is 3.36. The normalized spacial score (nSPS) is 26.5. The summed E-state index contributed by atoms with van der Waals surface area (Å²) in [7, 11) is 0. The van der Waals surface area contributed by atoms with Gasteiger partial charge in [0.15, 0.2) is 0 Å². The summed E-state index contributed by atoms with van der Waals surface area (Å²) in [5.41, 5.74) is -0.402. The van der Waals surface area contributed by atoms with Crippen LogP contribution in [0, 0.1) is 5.92 Å². The molecule has 2 N–H and O–H groups in total. The summed E-state index contributed by atoms with van der Waals surface area (Å²) in [5, 5.41) is 18.7. The molecule has 0 spiro atoms. The highest BCUT2D eigenvalue weighted by Gasteiger charge is 2.38. The Morgan fingerprint density at radius 1 is 1.31 bits per heavy atom. The third kappa shape index (κ3) is 2.88. The Hall–Kier alpha value is -0.770. The second-order valence-corrected chi connectivity index (χ2v) is 5.62. The van der Waals surface area contributed by atoms with Crippen LogP contribution in [-0.2, 0) is 0 Å². The van der Waals surface area contributed by atoms with Crippen molar-refractivity contribution >= 4 is 6.09 Å². The number of amides is 1. The maximum atomic E-state index is 11.4. The maximum Gasteiger partial charge on any atom is 0.407 e. The van der Waals surface area contributed by atoms with Crippen LogP contribution in [0.25, 0.3) is 0 Å². The second kappa shape index (κ2) is 5.04. The number of carbonyl (C=O) groups is 1. The van der Waals surface area contributed by atoms with Crippen LogP contribution in [0.3, 0.4) is 0 Å². The molecular formula is C12H23NO3. The Labute approximate surface area is 97.3 Å². The molecule has 4 heteroatoms. The minimum absolute atomic E-state index is 0.0313. The number of hydrogen-bond donors (Lipinski definition) is 2. The average Bonchev–Trinajstić information content (AvgIpc) is 2.15. The minimum Gasteiger partial charge on any atom is -0.465 e. The third-order valence-corrected chi connectivity index (χ3v) is 3.36. The fraction of sp³-hybridized carbons (Fsp3) is 0.917. The SMILES string of the molecule is CC(C)(C)N(C(=O)O)[C@@H]1CCCC[C@@H]1CO. The van der Waals surface area contributed by atoms with Gasteiger partial charge in [0.25, 0.3) is 0 Å². The Morgan fingerprint density at radius 2 is 1.88 bits per heavy atom. The van der Waals surface area contributed by atoms with Crippen molar-refractivity contribution in [2.75, 3.05) is 6.61 Å². The first-order valence-electron chi connectivity index (χ1n) is 6.01. The Balaban J connectivity index is 2.87. The molecular weight excluding hydrogens is 206 g/mol. The lowest BCUT2D eigenvalue weighted by atomic mass is 9.82. The van der Waals surface area contributed by atoms with Gasteiger partial charge in [-0.2, -0.15) is 0 Å². The zero-order chi connectivity index (χ0) is 12.3. The summed E-state index contributed by atoms with van der Waals surface area (Å²) in [5.74, 6) is 0.101. The molecule has 1 aliphatic rings. The van der Waals surface area contributed by atoms with Gasteiger partial charge in [-0.1, -0.05) is 12.8 Å².